The van der Waals surface area contributed by atoms with E-state index in [1.807, 2.05) is 0 Å². The van der Waals surface area contributed by atoms with Gasteiger partial charge in [-0.05, 0) is 51.0 Å². The van der Waals surface area contributed by atoms with Crippen LogP contribution in [0.25, 0.3) is 0 Å². The Bertz CT molecular complexity index is 802. The smallest absolute Gasteiger partial charge is 0.326 e. The van der Waals surface area contributed by atoms with Crippen molar-refractivity contribution in [2.24, 2.45) is 39.6 Å². The normalized spacial score (nSPS) is 14.1. The highest BCUT2D eigenvalue weighted by atomic mass is 16.4. The van der Waals surface area contributed by atoms with E-state index in [2.05, 4.69) is 20.9 Å². The van der Waals surface area contributed by atoms with Gasteiger partial charge in [0.25, 0.3) is 0 Å². The number of nitrogens with two attached hydrogens (primary N) is 5. The first kappa shape index (κ1) is 33.5. The van der Waals surface area contributed by atoms with E-state index in [9.17, 15) is 29.1 Å². The van der Waals surface area contributed by atoms with Crippen LogP contribution < -0.4 is 44.6 Å². The summed E-state index contributed by atoms with van der Waals surface area (Å²) < 4.78 is 0. The molecule has 0 rings (SSSR count). The molecule has 4 amide bonds. The summed E-state index contributed by atoms with van der Waals surface area (Å²) in [6.07, 6.45) is 1.52. The Kier molecular flexibility index (Phi) is 16.2. The van der Waals surface area contributed by atoms with Gasteiger partial charge in [0.1, 0.15) is 18.1 Å². The molecule has 0 aromatic carbocycles. The van der Waals surface area contributed by atoms with E-state index in [1.165, 1.54) is 0 Å². The number of unbranched alkanes of at least 4 members (excludes halogenated alkanes) is 1. The van der Waals surface area contributed by atoms with Crippen LogP contribution in [0.1, 0.15) is 58.8 Å². The lowest BCUT2D eigenvalue weighted by atomic mass is 10.0. The van der Waals surface area contributed by atoms with Crippen LogP contribution in [-0.2, 0) is 24.0 Å². The summed E-state index contributed by atoms with van der Waals surface area (Å²) in [7, 11) is 0. The number of aliphatic carboxylic acids is 1. The predicted octanol–water partition coefficient (Wildman–Crippen LogP) is -3.04. The van der Waals surface area contributed by atoms with Crippen molar-refractivity contribution in [3.05, 3.63) is 0 Å². The SMILES string of the molecule is CC(C)C(NC(=O)C(N)CCCN=C(N)N)C(=O)NC(CCCCN)C(=O)NC(CCC(N)=O)C(=O)O. The summed E-state index contributed by atoms with van der Waals surface area (Å²) in [5.74, 6) is -4.41. The number of rotatable bonds is 19. The number of carboxylic acid groups (broad SMARTS) is 1. The first-order valence-corrected chi connectivity index (χ1v) is 12.2. The van der Waals surface area contributed by atoms with Gasteiger partial charge in [0.05, 0.1) is 6.04 Å². The molecule has 0 fully saturated rings. The number of carbonyl (C=O) groups excluding carboxylic acids is 4. The zero-order valence-electron chi connectivity index (χ0n) is 21.6. The maximum absolute atomic E-state index is 13.1. The molecule has 0 saturated heterocycles. The second-order valence-electron chi connectivity index (χ2n) is 9.04. The molecule has 0 heterocycles. The van der Waals surface area contributed by atoms with Crippen molar-refractivity contribution in [3.63, 3.8) is 0 Å². The molecule has 212 valence electrons. The number of hydrogen-bond acceptors (Lipinski definition) is 8. The van der Waals surface area contributed by atoms with E-state index in [0.717, 1.165) is 0 Å². The summed E-state index contributed by atoms with van der Waals surface area (Å²) in [6, 6.07) is -4.38. The third kappa shape index (κ3) is 14.6. The molecule has 0 radical (unpaired) electrons. The van der Waals surface area contributed by atoms with Gasteiger partial charge in [0.15, 0.2) is 5.96 Å². The number of nitrogens with zero attached hydrogens (tertiary/aromatic N) is 1. The number of hydrogen-bond donors (Lipinski definition) is 9. The quantitative estimate of drug-likeness (QED) is 0.0463. The van der Waals surface area contributed by atoms with Gasteiger partial charge in [-0.1, -0.05) is 13.8 Å². The fourth-order valence-electron chi connectivity index (χ4n) is 3.29. The highest BCUT2D eigenvalue weighted by molar-refractivity contribution is 5.94. The van der Waals surface area contributed by atoms with E-state index in [4.69, 9.17) is 28.7 Å². The molecule has 0 aromatic rings. The molecular weight excluding hydrogens is 486 g/mol. The fraction of sp³-hybridized carbons (Fsp3) is 0.727. The molecule has 0 aliphatic rings. The molecule has 0 aromatic heterocycles. The number of aliphatic imine (C=N–C) groups is 1. The lowest BCUT2D eigenvalue weighted by Gasteiger charge is -2.27. The summed E-state index contributed by atoms with van der Waals surface area (Å²) in [4.78, 5) is 64.9. The zero-order chi connectivity index (χ0) is 28.5. The number of primary amides is 1. The van der Waals surface area contributed by atoms with Crippen molar-refractivity contribution < 1.29 is 29.1 Å². The molecule has 0 aliphatic heterocycles. The molecule has 15 nitrogen and oxygen atoms in total. The van der Waals surface area contributed by atoms with E-state index in [-0.39, 0.29) is 37.6 Å². The Labute approximate surface area is 216 Å². The highest BCUT2D eigenvalue weighted by Gasteiger charge is 2.31. The van der Waals surface area contributed by atoms with Crippen molar-refractivity contribution in [3.8, 4) is 0 Å². The third-order valence-corrected chi connectivity index (χ3v) is 5.43. The first-order chi connectivity index (χ1) is 17.3. The van der Waals surface area contributed by atoms with Crippen molar-refractivity contribution in [1.82, 2.24) is 16.0 Å². The highest BCUT2D eigenvalue weighted by Crippen LogP contribution is 2.08. The predicted molar refractivity (Wildman–Crippen MR) is 137 cm³/mol. The van der Waals surface area contributed by atoms with Crippen LogP contribution in [0.2, 0.25) is 0 Å². The van der Waals surface area contributed by atoms with Gasteiger partial charge < -0.3 is 49.7 Å². The second kappa shape index (κ2) is 17.9. The van der Waals surface area contributed by atoms with Crippen molar-refractivity contribution in [2.75, 3.05) is 13.1 Å². The van der Waals surface area contributed by atoms with Crippen LogP contribution in [0.15, 0.2) is 4.99 Å². The lowest BCUT2D eigenvalue weighted by Crippen LogP contribution is -2.58. The zero-order valence-corrected chi connectivity index (χ0v) is 21.6. The van der Waals surface area contributed by atoms with Gasteiger partial charge in [-0.3, -0.25) is 24.2 Å². The van der Waals surface area contributed by atoms with Crippen LogP contribution in [0, 0.1) is 5.92 Å². The van der Waals surface area contributed by atoms with Crippen LogP contribution in [0.5, 0.6) is 0 Å². The molecule has 0 saturated carbocycles. The third-order valence-electron chi connectivity index (χ3n) is 5.43. The minimum atomic E-state index is -1.37. The standard InChI is InChI=1S/C22H43N9O6/c1-12(2)17(31-18(33)13(24)6-5-11-28-22(26)27)20(35)29-14(7-3-4-10-23)19(34)30-15(21(36)37)8-9-16(25)32/h12-15,17H,3-11,23-24H2,1-2H3,(H2,25,32)(H,29,35)(H,30,34)(H,31,33)(H,36,37)(H4,26,27,28). The summed E-state index contributed by atoms with van der Waals surface area (Å²) >= 11 is 0. The van der Waals surface area contributed by atoms with Crippen molar-refractivity contribution in [1.29, 1.82) is 0 Å². The maximum Gasteiger partial charge on any atom is 0.326 e. The van der Waals surface area contributed by atoms with Gasteiger partial charge >= 0.3 is 5.97 Å². The van der Waals surface area contributed by atoms with Gasteiger partial charge in [-0.2, -0.15) is 0 Å². The average molecular weight is 530 g/mol. The number of guanidine groups is 1. The Morgan fingerprint density at radius 2 is 1.43 bits per heavy atom. The van der Waals surface area contributed by atoms with Crippen LogP contribution in [-0.4, -0.2) is 77.9 Å². The molecular formula is C22H43N9O6. The average Bonchev–Trinajstić information content (AvgIpc) is 2.80. The Hall–Kier alpha value is -3.46. The molecule has 4 unspecified atom stereocenters. The Balaban J connectivity index is 5.36. The van der Waals surface area contributed by atoms with Gasteiger partial charge in [-0.15, -0.1) is 0 Å². The molecule has 0 aliphatic carbocycles. The van der Waals surface area contributed by atoms with Crippen molar-refractivity contribution >= 4 is 35.6 Å². The number of nitrogens with one attached hydrogen (secondary N) is 3. The van der Waals surface area contributed by atoms with Gasteiger partial charge in [0.2, 0.25) is 23.6 Å². The van der Waals surface area contributed by atoms with E-state index in [0.29, 0.717) is 32.4 Å². The van der Waals surface area contributed by atoms with E-state index in [1.54, 1.807) is 13.8 Å². The number of carbonyl (C=O) groups is 5. The fourth-order valence-corrected chi connectivity index (χ4v) is 3.29. The minimum absolute atomic E-state index is 0.0674. The van der Waals surface area contributed by atoms with Gasteiger partial charge in [0, 0.05) is 13.0 Å². The van der Waals surface area contributed by atoms with Crippen LogP contribution in [0.3, 0.4) is 0 Å². The van der Waals surface area contributed by atoms with Gasteiger partial charge in [-0.25, -0.2) is 4.79 Å². The lowest BCUT2D eigenvalue weighted by molar-refractivity contribution is -0.142. The Morgan fingerprint density at radius 3 is 1.95 bits per heavy atom. The molecule has 0 bridgehead atoms. The Morgan fingerprint density at radius 1 is 0.811 bits per heavy atom. The number of amides is 4. The van der Waals surface area contributed by atoms with Crippen LogP contribution in [0.4, 0.5) is 0 Å². The summed E-state index contributed by atoms with van der Waals surface area (Å²) in [5, 5.41) is 16.9. The van der Waals surface area contributed by atoms with E-state index >= 15 is 0 Å². The second-order valence-corrected chi connectivity index (χ2v) is 9.04. The molecule has 37 heavy (non-hydrogen) atoms. The largest absolute Gasteiger partial charge is 0.480 e. The molecule has 0 spiro atoms. The van der Waals surface area contributed by atoms with Crippen LogP contribution >= 0.6 is 0 Å². The molecule has 4 atom stereocenters. The van der Waals surface area contributed by atoms with E-state index < -0.39 is 53.8 Å². The summed E-state index contributed by atoms with van der Waals surface area (Å²) in [6.45, 7) is 4.09. The molecule has 15 heteroatoms. The maximum atomic E-state index is 13.1. The number of carboxylic acids is 1. The molecule has 14 N–H and O–H groups in total. The topological polar surface area (TPSA) is 284 Å². The summed E-state index contributed by atoms with van der Waals surface area (Å²) in [5.41, 5.74) is 27.0. The van der Waals surface area contributed by atoms with Crippen molar-refractivity contribution in [2.45, 2.75) is 83.0 Å². The first-order valence-electron chi connectivity index (χ1n) is 12.2. The minimum Gasteiger partial charge on any atom is -0.480 e. The monoisotopic (exact) mass is 529 g/mol.